The number of phenolic OH excluding ortho intramolecular Hbond substituents is 1. The molecule has 0 amide bonds. The summed E-state index contributed by atoms with van der Waals surface area (Å²) in [6, 6.07) is 15.0. The fraction of sp³-hybridized carbons (Fsp3) is 0.0625. The lowest BCUT2D eigenvalue weighted by Gasteiger charge is -1.98. The minimum Gasteiger partial charge on any atom is -0.507 e. The first kappa shape index (κ1) is 10.8. The van der Waals surface area contributed by atoms with Crippen molar-refractivity contribution >= 4 is 11.9 Å². The molecule has 0 bridgehead atoms. The first-order valence-electron chi connectivity index (χ1n) is 5.87. The van der Waals surface area contributed by atoms with Crippen LogP contribution >= 0.6 is 0 Å². The second-order valence-corrected chi connectivity index (χ2v) is 4.40. The highest BCUT2D eigenvalue weighted by Crippen LogP contribution is 2.33. The lowest BCUT2D eigenvalue weighted by molar-refractivity contribution is 0.103. The number of fused-ring (bicyclic) bond motifs is 1. The quantitative estimate of drug-likeness (QED) is 0.772. The van der Waals surface area contributed by atoms with Crippen LogP contribution in [-0.4, -0.2) is 10.9 Å². The Morgan fingerprint density at radius 2 is 1.78 bits per heavy atom. The molecule has 0 aromatic heterocycles. The Labute approximate surface area is 105 Å². The molecule has 2 aromatic rings. The average Bonchev–Trinajstić information content (AvgIpc) is 2.69. The summed E-state index contributed by atoms with van der Waals surface area (Å²) in [5, 5.41) is 9.74. The van der Waals surface area contributed by atoms with E-state index >= 15 is 0 Å². The van der Waals surface area contributed by atoms with Gasteiger partial charge in [-0.25, -0.2) is 0 Å². The molecule has 0 saturated carbocycles. The highest BCUT2D eigenvalue weighted by molar-refractivity contribution is 6.17. The monoisotopic (exact) mass is 236 g/mol. The lowest BCUT2D eigenvalue weighted by Crippen LogP contribution is -1.95. The van der Waals surface area contributed by atoms with Gasteiger partial charge in [0.1, 0.15) is 5.75 Å². The zero-order valence-corrected chi connectivity index (χ0v) is 9.76. The van der Waals surface area contributed by atoms with Gasteiger partial charge in [-0.05, 0) is 23.3 Å². The molecular weight excluding hydrogens is 224 g/mol. The molecule has 0 atom stereocenters. The van der Waals surface area contributed by atoms with Crippen LogP contribution in [0.2, 0.25) is 0 Å². The first-order valence-corrected chi connectivity index (χ1v) is 5.87. The van der Waals surface area contributed by atoms with Gasteiger partial charge in [0.15, 0.2) is 5.78 Å². The van der Waals surface area contributed by atoms with Crippen LogP contribution in [0, 0.1) is 0 Å². The Kier molecular flexibility index (Phi) is 2.49. The summed E-state index contributed by atoms with van der Waals surface area (Å²) >= 11 is 0. The van der Waals surface area contributed by atoms with E-state index < -0.39 is 0 Å². The molecule has 3 rings (SSSR count). The molecule has 0 unspecified atom stereocenters. The maximum absolute atomic E-state index is 12.2. The van der Waals surface area contributed by atoms with E-state index in [2.05, 4.69) is 0 Å². The Morgan fingerprint density at radius 3 is 2.50 bits per heavy atom. The van der Waals surface area contributed by atoms with E-state index in [9.17, 15) is 9.90 Å². The second-order valence-electron chi connectivity index (χ2n) is 4.40. The molecule has 2 aromatic carbocycles. The van der Waals surface area contributed by atoms with Crippen LogP contribution < -0.4 is 0 Å². The minimum absolute atomic E-state index is 0.0630. The predicted octanol–water partition coefficient (Wildman–Crippen LogP) is 3.21. The molecule has 0 spiro atoms. The zero-order valence-electron chi connectivity index (χ0n) is 9.76. The third-order valence-electron chi connectivity index (χ3n) is 3.17. The number of benzene rings is 2. The van der Waals surface area contributed by atoms with Crippen molar-refractivity contribution in [2.45, 2.75) is 6.42 Å². The highest BCUT2D eigenvalue weighted by atomic mass is 16.3. The first-order chi connectivity index (χ1) is 8.75. The molecule has 0 fully saturated rings. The highest BCUT2D eigenvalue weighted by Gasteiger charge is 2.27. The van der Waals surface area contributed by atoms with E-state index in [-0.39, 0.29) is 11.5 Å². The van der Waals surface area contributed by atoms with Crippen LogP contribution in [0.5, 0.6) is 5.75 Å². The molecule has 88 valence electrons. The topological polar surface area (TPSA) is 37.3 Å². The van der Waals surface area contributed by atoms with Crippen molar-refractivity contribution in [2.75, 3.05) is 0 Å². The predicted molar refractivity (Wildman–Crippen MR) is 70.6 cm³/mol. The minimum atomic E-state index is -0.0630. The Bertz CT molecular complexity index is 639. The lowest BCUT2D eigenvalue weighted by atomic mass is 10.1. The van der Waals surface area contributed by atoms with Gasteiger partial charge in [-0.3, -0.25) is 4.79 Å². The van der Waals surface area contributed by atoms with Crippen LogP contribution in [0.3, 0.4) is 0 Å². The molecule has 1 aliphatic rings. The fourth-order valence-corrected chi connectivity index (χ4v) is 2.31. The van der Waals surface area contributed by atoms with Crippen molar-refractivity contribution in [3.63, 3.8) is 0 Å². The number of hydrogen-bond acceptors (Lipinski definition) is 2. The summed E-state index contributed by atoms with van der Waals surface area (Å²) in [5.41, 5.74) is 3.10. The molecule has 2 heteroatoms. The third-order valence-corrected chi connectivity index (χ3v) is 3.17. The van der Waals surface area contributed by atoms with Gasteiger partial charge in [0, 0.05) is 12.0 Å². The van der Waals surface area contributed by atoms with Crippen molar-refractivity contribution in [3.05, 3.63) is 70.8 Å². The van der Waals surface area contributed by atoms with Crippen LogP contribution in [0.25, 0.3) is 6.08 Å². The molecular formula is C16H12O2. The molecule has 0 saturated heterocycles. The largest absolute Gasteiger partial charge is 0.507 e. The van der Waals surface area contributed by atoms with E-state index in [0.717, 1.165) is 16.7 Å². The van der Waals surface area contributed by atoms with Gasteiger partial charge in [-0.2, -0.15) is 0 Å². The van der Waals surface area contributed by atoms with Gasteiger partial charge in [0.25, 0.3) is 0 Å². The summed E-state index contributed by atoms with van der Waals surface area (Å²) in [5.74, 6) is 0.0147. The zero-order chi connectivity index (χ0) is 12.5. The number of phenols is 1. The Hall–Kier alpha value is -2.35. The summed E-state index contributed by atoms with van der Waals surface area (Å²) in [6.07, 6.45) is 2.49. The number of carbonyl (C=O) groups excluding carboxylic acids is 1. The number of rotatable bonds is 1. The van der Waals surface area contributed by atoms with Crippen molar-refractivity contribution in [2.24, 2.45) is 0 Å². The van der Waals surface area contributed by atoms with Gasteiger partial charge in [-0.1, -0.05) is 42.5 Å². The molecule has 0 heterocycles. The summed E-state index contributed by atoms with van der Waals surface area (Å²) in [7, 11) is 0. The number of ketones is 1. The number of carbonyl (C=O) groups is 1. The summed E-state index contributed by atoms with van der Waals surface area (Å²) in [4.78, 5) is 12.2. The van der Waals surface area contributed by atoms with E-state index in [1.165, 1.54) is 0 Å². The van der Waals surface area contributed by atoms with Gasteiger partial charge < -0.3 is 5.11 Å². The van der Waals surface area contributed by atoms with Crippen LogP contribution in [0.15, 0.2) is 54.1 Å². The third kappa shape index (κ3) is 1.72. The molecule has 18 heavy (non-hydrogen) atoms. The second kappa shape index (κ2) is 4.15. The van der Waals surface area contributed by atoms with Crippen LogP contribution in [0.4, 0.5) is 0 Å². The van der Waals surface area contributed by atoms with Gasteiger partial charge >= 0.3 is 0 Å². The smallest absolute Gasteiger partial charge is 0.193 e. The van der Waals surface area contributed by atoms with Gasteiger partial charge in [0.05, 0.1) is 5.56 Å². The average molecular weight is 236 g/mol. The molecule has 0 radical (unpaired) electrons. The van der Waals surface area contributed by atoms with Crippen molar-refractivity contribution < 1.29 is 9.90 Å². The Morgan fingerprint density at radius 1 is 1.00 bits per heavy atom. The van der Waals surface area contributed by atoms with E-state index in [0.29, 0.717) is 12.0 Å². The van der Waals surface area contributed by atoms with E-state index in [1.54, 1.807) is 12.1 Å². The SMILES string of the molecule is O=C1C(=Cc2ccccc2)Cc2cccc(O)c21. The number of Topliss-reactive ketones (excluding diaryl/α,β-unsaturated/α-hetero) is 1. The van der Waals surface area contributed by atoms with Gasteiger partial charge in [0.2, 0.25) is 0 Å². The van der Waals surface area contributed by atoms with Crippen molar-refractivity contribution in [1.29, 1.82) is 0 Å². The van der Waals surface area contributed by atoms with Crippen LogP contribution in [-0.2, 0) is 6.42 Å². The molecule has 0 aliphatic heterocycles. The maximum Gasteiger partial charge on any atom is 0.193 e. The molecule has 1 N–H and O–H groups in total. The van der Waals surface area contributed by atoms with E-state index in [1.807, 2.05) is 42.5 Å². The summed E-state index contributed by atoms with van der Waals surface area (Å²) in [6.45, 7) is 0. The number of hydrogen-bond donors (Lipinski definition) is 1. The van der Waals surface area contributed by atoms with Crippen molar-refractivity contribution in [1.82, 2.24) is 0 Å². The maximum atomic E-state index is 12.2. The van der Waals surface area contributed by atoms with Gasteiger partial charge in [-0.15, -0.1) is 0 Å². The fourth-order valence-electron chi connectivity index (χ4n) is 2.31. The molecule has 2 nitrogen and oxygen atoms in total. The van der Waals surface area contributed by atoms with E-state index in [4.69, 9.17) is 0 Å². The normalized spacial score (nSPS) is 16.0. The Balaban J connectivity index is 2.03. The van der Waals surface area contributed by atoms with Crippen LogP contribution in [0.1, 0.15) is 21.5 Å². The number of aromatic hydroxyl groups is 1. The van der Waals surface area contributed by atoms with Crippen molar-refractivity contribution in [3.8, 4) is 5.75 Å². The summed E-state index contributed by atoms with van der Waals surface area (Å²) < 4.78 is 0. The number of allylic oxidation sites excluding steroid dienone is 1. The molecule has 1 aliphatic carbocycles. The standard InChI is InChI=1S/C16H12O2/c17-14-8-4-7-12-10-13(16(18)15(12)14)9-11-5-2-1-3-6-11/h1-9,17H,10H2.